The Bertz CT molecular complexity index is 412. The van der Waals surface area contributed by atoms with E-state index in [1.807, 2.05) is 24.3 Å². The molecule has 2 unspecified atom stereocenters. The van der Waals surface area contributed by atoms with Crippen molar-refractivity contribution < 1.29 is 13.7 Å². The van der Waals surface area contributed by atoms with Crippen molar-refractivity contribution in [2.24, 2.45) is 0 Å². The lowest BCUT2D eigenvalue weighted by Gasteiger charge is -2.20. The maximum absolute atomic E-state index is 12.2. The highest BCUT2D eigenvalue weighted by molar-refractivity contribution is 7.85. The van der Waals surface area contributed by atoms with Crippen molar-refractivity contribution in [3.8, 4) is 5.75 Å². The molecule has 4 nitrogen and oxygen atoms in total. The van der Waals surface area contributed by atoms with Crippen LogP contribution in [0.15, 0.2) is 24.3 Å². The van der Waals surface area contributed by atoms with Gasteiger partial charge in [-0.25, -0.2) is 0 Å². The van der Waals surface area contributed by atoms with E-state index in [0.29, 0.717) is 18.1 Å². The number of ether oxygens (including phenoxy) is 2. The molecule has 0 aromatic heterocycles. The normalized spacial score (nSPS) is 13.9. The standard InChI is InChI=1S/C15H25NO3S/c1-4-16-14(12-20(17)11-7-10-18-2)13-8-5-6-9-15(13)19-3/h5-6,8-9,14,16H,4,7,10-12H2,1-3H3. The number of hydrogen-bond acceptors (Lipinski definition) is 4. The van der Waals surface area contributed by atoms with Crippen LogP contribution in [-0.2, 0) is 15.5 Å². The molecule has 114 valence electrons. The van der Waals surface area contributed by atoms with E-state index in [2.05, 4.69) is 12.2 Å². The van der Waals surface area contributed by atoms with Crippen LogP contribution in [0.2, 0.25) is 0 Å². The lowest BCUT2D eigenvalue weighted by atomic mass is 10.1. The second kappa shape index (κ2) is 9.91. The van der Waals surface area contributed by atoms with E-state index in [1.54, 1.807) is 14.2 Å². The van der Waals surface area contributed by atoms with Crippen LogP contribution in [-0.4, -0.2) is 43.1 Å². The third-order valence-electron chi connectivity index (χ3n) is 3.04. The number of methoxy groups -OCH3 is 2. The predicted octanol–water partition coefficient (Wildman–Crippen LogP) is 2.13. The summed E-state index contributed by atoms with van der Waals surface area (Å²) in [7, 11) is 2.47. The van der Waals surface area contributed by atoms with Gasteiger partial charge in [0.15, 0.2) is 0 Å². The molecule has 0 saturated heterocycles. The average molecular weight is 299 g/mol. The molecule has 1 rings (SSSR count). The summed E-state index contributed by atoms with van der Waals surface area (Å²) in [5, 5.41) is 3.39. The lowest BCUT2D eigenvalue weighted by molar-refractivity contribution is 0.200. The van der Waals surface area contributed by atoms with Gasteiger partial charge in [0.05, 0.1) is 7.11 Å². The molecule has 1 aromatic carbocycles. The van der Waals surface area contributed by atoms with E-state index >= 15 is 0 Å². The van der Waals surface area contributed by atoms with Gasteiger partial charge in [0, 0.05) is 47.6 Å². The zero-order valence-corrected chi connectivity index (χ0v) is 13.4. The van der Waals surface area contributed by atoms with Crippen LogP contribution in [0.25, 0.3) is 0 Å². The molecular weight excluding hydrogens is 274 g/mol. The van der Waals surface area contributed by atoms with Crippen molar-refractivity contribution in [2.75, 3.05) is 38.9 Å². The molecule has 0 aliphatic carbocycles. The van der Waals surface area contributed by atoms with Crippen LogP contribution in [0.4, 0.5) is 0 Å². The van der Waals surface area contributed by atoms with Gasteiger partial charge in [-0.2, -0.15) is 0 Å². The summed E-state index contributed by atoms with van der Waals surface area (Å²) in [6.45, 7) is 3.54. The van der Waals surface area contributed by atoms with E-state index in [0.717, 1.165) is 24.3 Å². The number of hydrogen-bond donors (Lipinski definition) is 1. The number of rotatable bonds is 10. The van der Waals surface area contributed by atoms with E-state index < -0.39 is 10.8 Å². The summed E-state index contributed by atoms with van der Waals surface area (Å²) >= 11 is 0. The number of benzene rings is 1. The minimum absolute atomic E-state index is 0.0551. The molecule has 1 N–H and O–H groups in total. The van der Waals surface area contributed by atoms with E-state index in [9.17, 15) is 4.21 Å². The number of para-hydroxylation sites is 1. The second-order valence-electron chi connectivity index (χ2n) is 4.51. The van der Waals surface area contributed by atoms with E-state index in [1.165, 1.54) is 0 Å². The molecule has 5 heteroatoms. The summed E-state index contributed by atoms with van der Waals surface area (Å²) in [6, 6.07) is 7.95. The van der Waals surface area contributed by atoms with Crippen LogP contribution in [0, 0.1) is 0 Å². The van der Waals surface area contributed by atoms with Gasteiger partial charge < -0.3 is 14.8 Å². The van der Waals surface area contributed by atoms with Crippen molar-refractivity contribution in [2.45, 2.75) is 19.4 Å². The average Bonchev–Trinajstić information content (AvgIpc) is 2.47. The van der Waals surface area contributed by atoms with Gasteiger partial charge in [-0.15, -0.1) is 0 Å². The maximum atomic E-state index is 12.2. The van der Waals surface area contributed by atoms with Gasteiger partial charge >= 0.3 is 0 Å². The Morgan fingerprint density at radius 1 is 1.30 bits per heavy atom. The largest absolute Gasteiger partial charge is 0.496 e. The molecule has 0 heterocycles. The molecule has 0 amide bonds. The summed E-state index contributed by atoms with van der Waals surface area (Å²) in [4.78, 5) is 0. The van der Waals surface area contributed by atoms with Crippen LogP contribution in [0.3, 0.4) is 0 Å². The molecular formula is C15H25NO3S. The van der Waals surface area contributed by atoms with Gasteiger partial charge in [0.25, 0.3) is 0 Å². The lowest BCUT2D eigenvalue weighted by Crippen LogP contribution is -2.27. The first kappa shape index (κ1) is 17.1. The molecule has 0 bridgehead atoms. The monoisotopic (exact) mass is 299 g/mol. The molecule has 0 spiro atoms. The van der Waals surface area contributed by atoms with Crippen LogP contribution < -0.4 is 10.1 Å². The Morgan fingerprint density at radius 2 is 2.05 bits per heavy atom. The van der Waals surface area contributed by atoms with Crippen LogP contribution >= 0.6 is 0 Å². The molecule has 0 saturated carbocycles. The SMILES string of the molecule is CCNC(CS(=O)CCCOC)c1ccccc1OC. The highest BCUT2D eigenvalue weighted by Gasteiger charge is 2.17. The van der Waals surface area contributed by atoms with Gasteiger partial charge in [-0.05, 0) is 19.0 Å². The molecule has 0 radical (unpaired) electrons. The quantitative estimate of drug-likeness (QED) is 0.672. The smallest absolute Gasteiger partial charge is 0.123 e. The van der Waals surface area contributed by atoms with Gasteiger partial charge in [0.2, 0.25) is 0 Å². The third kappa shape index (κ3) is 5.61. The van der Waals surface area contributed by atoms with Crippen LogP contribution in [0.5, 0.6) is 5.75 Å². The van der Waals surface area contributed by atoms with Crippen molar-refractivity contribution in [1.29, 1.82) is 0 Å². The second-order valence-corrected chi connectivity index (χ2v) is 6.13. The number of nitrogens with one attached hydrogen (secondary N) is 1. The summed E-state index contributed by atoms with van der Waals surface area (Å²) in [5.74, 6) is 2.11. The Labute approximate surface area is 124 Å². The fraction of sp³-hybridized carbons (Fsp3) is 0.600. The first-order chi connectivity index (χ1) is 9.72. The third-order valence-corrected chi connectivity index (χ3v) is 4.49. The Balaban J connectivity index is 2.70. The Hall–Kier alpha value is -0.910. The van der Waals surface area contributed by atoms with E-state index in [-0.39, 0.29) is 6.04 Å². The van der Waals surface area contributed by atoms with Gasteiger partial charge in [-0.3, -0.25) is 4.21 Å². The van der Waals surface area contributed by atoms with Crippen molar-refractivity contribution >= 4 is 10.8 Å². The van der Waals surface area contributed by atoms with E-state index in [4.69, 9.17) is 9.47 Å². The minimum Gasteiger partial charge on any atom is -0.496 e. The Kier molecular flexibility index (Phi) is 8.49. The fourth-order valence-corrected chi connectivity index (χ4v) is 3.37. The molecule has 20 heavy (non-hydrogen) atoms. The first-order valence-corrected chi connectivity index (χ1v) is 8.41. The minimum atomic E-state index is -0.862. The summed E-state index contributed by atoms with van der Waals surface area (Å²) in [5.41, 5.74) is 1.07. The van der Waals surface area contributed by atoms with Gasteiger partial charge in [0.1, 0.15) is 5.75 Å². The fourth-order valence-electron chi connectivity index (χ4n) is 2.09. The molecule has 0 fully saturated rings. The van der Waals surface area contributed by atoms with Crippen molar-refractivity contribution in [1.82, 2.24) is 5.32 Å². The Morgan fingerprint density at radius 3 is 2.70 bits per heavy atom. The molecule has 2 atom stereocenters. The van der Waals surface area contributed by atoms with Crippen molar-refractivity contribution in [3.05, 3.63) is 29.8 Å². The van der Waals surface area contributed by atoms with Crippen LogP contribution in [0.1, 0.15) is 24.9 Å². The van der Waals surface area contributed by atoms with Gasteiger partial charge in [-0.1, -0.05) is 25.1 Å². The highest BCUT2D eigenvalue weighted by atomic mass is 32.2. The van der Waals surface area contributed by atoms with Crippen molar-refractivity contribution in [3.63, 3.8) is 0 Å². The summed E-state index contributed by atoms with van der Waals surface area (Å²) in [6.07, 6.45) is 0.827. The molecule has 0 aliphatic rings. The predicted molar refractivity (Wildman–Crippen MR) is 83.8 cm³/mol. The molecule has 1 aromatic rings. The highest BCUT2D eigenvalue weighted by Crippen LogP contribution is 2.25. The zero-order chi connectivity index (χ0) is 14.8. The zero-order valence-electron chi connectivity index (χ0n) is 12.6. The topological polar surface area (TPSA) is 47.6 Å². The first-order valence-electron chi connectivity index (χ1n) is 6.93. The molecule has 0 aliphatic heterocycles. The maximum Gasteiger partial charge on any atom is 0.123 e. The summed E-state index contributed by atoms with van der Waals surface area (Å²) < 4.78 is 22.5.